The first-order chi connectivity index (χ1) is 15.1. The number of nitrogens with zero attached hydrogens (tertiary/aromatic N) is 5. The lowest BCUT2D eigenvalue weighted by molar-refractivity contribution is 0.0944. The molecular formula is C22H25N7O3. The van der Waals surface area contributed by atoms with Gasteiger partial charge in [-0.25, -0.2) is 4.98 Å². The standard InChI is InChI=1S/C22H25N7O3/c1-22(2,3)11-27-16-10-15(28-14-7-5-4-6-13(14)25-21(28)23)26-29(16)20(32)17(19(27)31)18(30)24-12-8-9-12/h4-7,10,12,31H,8-9,11H2,1-3H3,(H2,23,25)(H,24,30). The van der Waals surface area contributed by atoms with Crippen LogP contribution in [-0.2, 0) is 6.54 Å². The lowest BCUT2D eigenvalue weighted by atomic mass is 9.96. The van der Waals surface area contributed by atoms with E-state index in [1.165, 1.54) is 0 Å². The largest absolute Gasteiger partial charge is 0.494 e. The Morgan fingerprint density at radius 3 is 2.69 bits per heavy atom. The number of para-hydroxylation sites is 2. The number of amides is 1. The van der Waals surface area contributed by atoms with Gasteiger partial charge in [-0.15, -0.1) is 5.10 Å². The molecule has 0 spiro atoms. The van der Waals surface area contributed by atoms with Gasteiger partial charge in [-0.05, 0) is 30.4 Å². The highest BCUT2D eigenvalue weighted by Gasteiger charge is 2.30. The number of carbonyl (C=O) groups excluding carboxylic acids is 1. The molecule has 32 heavy (non-hydrogen) atoms. The van der Waals surface area contributed by atoms with Gasteiger partial charge in [0.1, 0.15) is 5.65 Å². The molecule has 1 amide bonds. The van der Waals surface area contributed by atoms with Crippen LogP contribution in [0.5, 0.6) is 5.88 Å². The second-order valence-electron chi connectivity index (χ2n) is 9.46. The summed E-state index contributed by atoms with van der Waals surface area (Å²) in [6, 6.07) is 9.12. The molecule has 0 saturated heterocycles. The van der Waals surface area contributed by atoms with Gasteiger partial charge < -0.3 is 16.2 Å². The average Bonchev–Trinajstić information content (AvgIpc) is 3.30. The zero-order chi connectivity index (χ0) is 22.8. The predicted octanol–water partition coefficient (Wildman–Crippen LogP) is 2.06. The number of imidazole rings is 1. The van der Waals surface area contributed by atoms with Gasteiger partial charge >= 0.3 is 0 Å². The Morgan fingerprint density at radius 2 is 2.00 bits per heavy atom. The fourth-order valence-corrected chi connectivity index (χ4v) is 3.85. The van der Waals surface area contributed by atoms with Crippen molar-refractivity contribution in [1.29, 1.82) is 0 Å². The highest BCUT2D eigenvalue weighted by molar-refractivity contribution is 5.96. The number of carbonyl (C=O) groups is 1. The van der Waals surface area contributed by atoms with Gasteiger partial charge in [0, 0.05) is 18.7 Å². The van der Waals surface area contributed by atoms with E-state index in [9.17, 15) is 14.7 Å². The minimum Gasteiger partial charge on any atom is -0.494 e. The fraction of sp³-hybridized carbons (Fsp3) is 0.364. The first-order valence-corrected chi connectivity index (χ1v) is 10.5. The molecule has 4 aromatic rings. The first kappa shape index (κ1) is 20.1. The zero-order valence-corrected chi connectivity index (χ0v) is 18.2. The van der Waals surface area contributed by atoms with Gasteiger partial charge in [-0.3, -0.25) is 18.7 Å². The molecule has 0 bridgehead atoms. The van der Waals surface area contributed by atoms with E-state index >= 15 is 0 Å². The molecule has 10 nitrogen and oxygen atoms in total. The van der Waals surface area contributed by atoms with Crippen LogP contribution in [0.2, 0.25) is 0 Å². The average molecular weight is 435 g/mol. The zero-order valence-electron chi connectivity index (χ0n) is 18.2. The Labute approximate surface area is 183 Å². The summed E-state index contributed by atoms with van der Waals surface area (Å²) in [7, 11) is 0. The Balaban J connectivity index is 1.77. The van der Waals surface area contributed by atoms with E-state index < -0.39 is 11.5 Å². The lowest BCUT2D eigenvalue weighted by Gasteiger charge is -2.23. The summed E-state index contributed by atoms with van der Waals surface area (Å²) in [5, 5.41) is 18.3. The number of nitrogens with two attached hydrogens (primary N) is 1. The highest BCUT2D eigenvalue weighted by Crippen LogP contribution is 2.28. The summed E-state index contributed by atoms with van der Waals surface area (Å²) >= 11 is 0. The van der Waals surface area contributed by atoms with E-state index in [1.807, 2.05) is 45.0 Å². The number of nitrogen functional groups attached to an aromatic ring is 1. The molecule has 0 unspecified atom stereocenters. The summed E-state index contributed by atoms with van der Waals surface area (Å²) < 4.78 is 4.34. The SMILES string of the molecule is CC(C)(C)Cn1c(O)c(C(=O)NC2CC2)c(=O)n2nc(-n3c(N)nc4ccccc43)cc12. The molecule has 166 valence electrons. The summed E-state index contributed by atoms with van der Waals surface area (Å²) in [6.07, 6.45) is 1.73. The third-order valence-electron chi connectivity index (χ3n) is 5.43. The van der Waals surface area contributed by atoms with Gasteiger partial charge in [0.25, 0.3) is 11.5 Å². The van der Waals surface area contributed by atoms with Crippen LogP contribution in [0.15, 0.2) is 35.1 Å². The molecular weight excluding hydrogens is 410 g/mol. The number of hydrogen-bond donors (Lipinski definition) is 3. The van der Waals surface area contributed by atoms with Crippen molar-refractivity contribution < 1.29 is 9.90 Å². The quantitative estimate of drug-likeness (QED) is 0.449. The Kier molecular flexibility index (Phi) is 4.30. The molecule has 0 aliphatic heterocycles. The topological polar surface area (TPSA) is 132 Å². The second kappa shape index (κ2) is 6.84. The Morgan fingerprint density at radius 1 is 1.28 bits per heavy atom. The monoisotopic (exact) mass is 435 g/mol. The minimum absolute atomic E-state index is 0.0401. The number of rotatable bonds is 4. The van der Waals surface area contributed by atoms with E-state index in [0.29, 0.717) is 23.5 Å². The van der Waals surface area contributed by atoms with Crippen LogP contribution in [0.25, 0.3) is 22.5 Å². The van der Waals surface area contributed by atoms with Gasteiger partial charge in [0.05, 0.1) is 11.0 Å². The van der Waals surface area contributed by atoms with Gasteiger partial charge in [0.2, 0.25) is 11.8 Å². The Bertz CT molecular complexity index is 1430. The maximum absolute atomic E-state index is 13.3. The molecule has 10 heteroatoms. The number of fused-ring (bicyclic) bond motifs is 2. The van der Waals surface area contributed by atoms with Crippen LogP contribution in [0, 0.1) is 5.41 Å². The van der Waals surface area contributed by atoms with Crippen LogP contribution >= 0.6 is 0 Å². The minimum atomic E-state index is -0.685. The van der Waals surface area contributed by atoms with Crippen molar-refractivity contribution in [2.45, 2.75) is 46.2 Å². The Hall–Kier alpha value is -3.82. The van der Waals surface area contributed by atoms with Crippen LogP contribution in [0.1, 0.15) is 44.0 Å². The molecule has 0 atom stereocenters. The van der Waals surface area contributed by atoms with Gasteiger partial charge in [-0.2, -0.15) is 4.52 Å². The van der Waals surface area contributed by atoms with Crippen LogP contribution < -0.4 is 16.6 Å². The lowest BCUT2D eigenvalue weighted by Crippen LogP contribution is -2.35. The third-order valence-corrected chi connectivity index (χ3v) is 5.43. The number of anilines is 1. The number of benzene rings is 1. The first-order valence-electron chi connectivity index (χ1n) is 10.5. The summed E-state index contributed by atoms with van der Waals surface area (Å²) in [4.78, 5) is 30.4. The number of nitrogens with one attached hydrogen (secondary N) is 1. The molecule has 3 aromatic heterocycles. The second-order valence-corrected chi connectivity index (χ2v) is 9.46. The molecule has 1 aliphatic carbocycles. The van der Waals surface area contributed by atoms with Crippen molar-refractivity contribution in [3.8, 4) is 11.7 Å². The molecule has 4 N–H and O–H groups in total. The summed E-state index contributed by atoms with van der Waals surface area (Å²) in [5.74, 6) is -0.370. The van der Waals surface area contributed by atoms with Gasteiger partial charge in [-0.1, -0.05) is 32.9 Å². The summed E-state index contributed by atoms with van der Waals surface area (Å²) in [6.45, 7) is 6.37. The normalized spacial score (nSPS) is 14.3. The van der Waals surface area contributed by atoms with Crippen LogP contribution in [0.3, 0.4) is 0 Å². The predicted molar refractivity (Wildman–Crippen MR) is 120 cm³/mol. The number of hydrogen-bond acceptors (Lipinski definition) is 6. The maximum atomic E-state index is 13.3. The van der Waals surface area contributed by atoms with Gasteiger partial charge in [0.15, 0.2) is 11.4 Å². The molecule has 1 saturated carbocycles. The van der Waals surface area contributed by atoms with E-state index in [4.69, 9.17) is 5.73 Å². The third kappa shape index (κ3) is 3.28. The van der Waals surface area contributed by atoms with Crippen molar-refractivity contribution in [2.24, 2.45) is 5.41 Å². The highest BCUT2D eigenvalue weighted by atomic mass is 16.3. The smallest absolute Gasteiger partial charge is 0.291 e. The van der Waals surface area contributed by atoms with Crippen molar-refractivity contribution in [3.05, 3.63) is 46.2 Å². The van der Waals surface area contributed by atoms with E-state index in [0.717, 1.165) is 22.9 Å². The molecule has 3 heterocycles. The van der Waals surface area contributed by atoms with Crippen molar-refractivity contribution in [2.75, 3.05) is 5.73 Å². The van der Waals surface area contributed by atoms with Crippen molar-refractivity contribution >= 4 is 28.5 Å². The molecule has 0 radical (unpaired) electrons. The van der Waals surface area contributed by atoms with Crippen molar-refractivity contribution in [1.82, 2.24) is 29.0 Å². The fourth-order valence-electron chi connectivity index (χ4n) is 3.85. The number of aromatic nitrogens is 5. The van der Waals surface area contributed by atoms with E-state index in [2.05, 4.69) is 15.4 Å². The van der Waals surface area contributed by atoms with Crippen molar-refractivity contribution in [3.63, 3.8) is 0 Å². The van der Waals surface area contributed by atoms with E-state index in [-0.39, 0.29) is 28.8 Å². The maximum Gasteiger partial charge on any atom is 0.291 e. The van der Waals surface area contributed by atoms with E-state index in [1.54, 1.807) is 15.2 Å². The molecule has 1 aliphatic rings. The summed E-state index contributed by atoms with van der Waals surface area (Å²) in [5.41, 5.74) is 6.70. The molecule has 5 rings (SSSR count). The van der Waals surface area contributed by atoms with Crippen LogP contribution in [-0.4, -0.2) is 40.8 Å². The number of aromatic hydroxyl groups is 1. The van der Waals surface area contributed by atoms with Crippen LogP contribution in [0.4, 0.5) is 5.95 Å². The molecule has 1 aromatic carbocycles. The molecule has 1 fully saturated rings.